The van der Waals surface area contributed by atoms with Crippen molar-refractivity contribution in [1.29, 1.82) is 0 Å². The number of unbranched alkanes of at least 4 members (excludes halogenated alkanes) is 39. The second-order valence-corrected chi connectivity index (χ2v) is 23.8. The molecule has 0 aliphatic rings. The highest BCUT2D eigenvalue weighted by Crippen LogP contribution is 2.18. The molecular weight excluding hydrogens is 971 g/mol. The molecule has 0 rings (SSSR count). The summed E-state index contributed by atoms with van der Waals surface area (Å²) in [7, 11) is 5.99. The predicted octanol–water partition coefficient (Wildman–Crippen LogP) is 20.2. The van der Waals surface area contributed by atoms with Gasteiger partial charge >= 0.3 is 17.9 Å². The van der Waals surface area contributed by atoms with Gasteiger partial charge in [-0.3, -0.25) is 9.59 Å². The van der Waals surface area contributed by atoms with Crippen LogP contribution in [0.3, 0.4) is 0 Å². The lowest BCUT2D eigenvalue weighted by atomic mass is 10.0. The topological polar surface area (TPSA) is 108 Å². The van der Waals surface area contributed by atoms with Gasteiger partial charge < -0.3 is 28.5 Å². The van der Waals surface area contributed by atoms with Gasteiger partial charge in [0.15, 0.2) is 6.10 Å². The predicted molar refractivity (Wildman–Crippen MR) is 332 cm³/mol. The zero-order valence-corrected chi connectivity index (χ0v) is 52.1. The Morgan fingerprint density at radius 2 is 0.731 bits per heavy atom. The van der Waals surface area contributed by atoms with Crippen molar-refractivity contribution in [3.05, 3.63) is 48.6 Å². The van der Waals surface area contributed by atoms with E-state index in [1.165, 1.54) is 225 Å². The van der Waals surface area contributed by atoms with Crippen LogP contribution >= 0.6 is 0 Å². The number of hydrogen-bond donors (Lipinski definition) is 1. The number of ether oxygens (including phenoxy) is 4. The highest BCUT2D eigenvalue weighted by Gasteiger charge is 2.25. The van der Waals surface area contributed by atoms with E-state index in [9.17, 15) is 19.5 Å². The molecule has 0 saturated heterocycles. The Hall–Kier alpha value is -2.75. The minimum absolute atomic E-state index is 0.177. The van der Waals surface area contributed by atoms with Gasteiger partial charge in [-0.1, -0.05) is 300 Å². The number of carbonyl (C=O) groups excluding carboxylic acids is 2. The molecule has 0 radical (unpaired) electrons. The van der Waals surface area contributed by atoms with Crippen LogP contribution in [-0.2, 0) is 33.3 Å². The number of aliphatic carboxylic acids is 1. The third-order valence-corrected chi connectivity index (χ3v) is 14.8. The number of allylic oxidation sites excluding steroid dienone is 8. The Morgan fingerprint density at radius 3 is 1.09 bits per heavy atom. The molecule has 0 fully saturated rings. The second kappa shape index (κ2) is 60.3. The lowest BCUT2D eigenvalue weighted by molar-refractivity contribution is -0.870. The van der Waals surface area contributed by atoms with Gasteiger partial charge in [-0.2, -0.15) is 0 Å². The summed E-state index contributed by atoms with van der Waals surface area (Å²) in [5, 5.41) is 9.73. The van der Waals surface area contributed by atoms with Crippen LogP contribution in [0.1, 0.15) is 316 Å². The first-order chi connectivity index (χ1) is 38.1. The SMILES string of the molecule is CC/C=C\C/C=C\C/C=C\C/C=C\CCCCCCCCCCCCCCCCCCCCC(=O)OC(COC(=O)CCCCCCCCCCCCCCCCCCCCCCCC)COC(OCC[N+](C)(C)C)C(=O)O. The summed E-state index contributed by atoms with van der Waals surface area (Å²) in [5.41, 5.74) is 0. The van der Waals surface area contributed by atoms with Crippen LogP contribution in [0.5, 0.6) is 0 Å². The van der Waals surface area contributed by atoms with Crippen molar-refractivity contribution >= 4 is 17.9 Å². The van der Waals surface area contributed by atoms with Crippen molar-refractivity contribution in [1.82, 2.24) is 0 Å². The van der Waals surface area contributed by atoms with Crippen molar-refractivity contribution < 1.29 is 42.9 Å². The zero-order chi connectivity index (χ0) is 56.9. The smallest absolute Gasteiger partial charge is 0.361 e. The lowest BCUT2D eigenvalue weighted by Crippen LogP contribution is -2.40. The molecule has 9 nitrogen and oxygen atoms in total. The number of rotatable bonds is 62. The first-order valence-electron chi connectivity index (χ1n) is 33.3. The van der Waals surface area contributed by atoms with Crippen LogP contribution in [0.4, 0.5) is 0 Å². The fraction of sp³-hybridized carbons (Fsp3) is 0.841. The monoisotopic (exact) mass is 1100 g/mol. The highest BCUT2D eigenvalue weighted by molar-refractivity contribution is 5.71. The Kier molecular flexibility index (Phi) is 58.2. The molecule has 0 aliphatic heterocycles. The van der Waals surface area contributed by atoms with Crippen molar-refractivity contribution in [2.45, 2.75) is 328 Å². The van der Waals surface area contributed by atoms with Gasteiger partial charge in [-0.25, -0.2) is 4.79 Å². The minimum atomic E-state index is -1.51. The van der Waals surface area contributed by atoms with Crippen LogP contribution in [-0.4, -0.2) is 87.4 Å². The summed E-state index contributed by atoms with van der Waals surface area (Å²) in [6.45, 7) is 4.83. The van der Waals surface area contributed by atoms with Crippen molar-refractivity contribution in [2.24, 2.45) is 0 Å². The molecule has 0 saturated carbocycles. The van der Waals surface area contributed by atoms with E-state index in [0.29, 0.717) is 17.4 Å². The number of hydrogen-bond acceptors (Lipinski definition) is 7. The number of carbonyl (C=O) groups is 3. The summed E-state index contributed by atoms with van der Waals surface area (Å²) in [5.74, 6) is -1.98. The normalized spacial score (nSPS) is 13.0. The molecule has 0 heterocycles. The van der Waals surface area contributed by atoms with Gasteiger partial charge in [-0.05, 0) is 51.4 Å². The number of quaternary nitrogens is 1. The molecular formula is C69H128NO8+. The molecule has 0 amide bonds. The maximum Gasteiger partial charge on any atom is 0.361 e. The molecule has 78 heavy (non-hydrogen) atoms. The van der Waals surface area contributed by atoms with E-state index >= 15 is 0 Å². The number of esters is 2. The second-order valence-electron chi connectivity index (χ2n) is 23.8. The summed E-state index contributed by atoms with van der Waals surface area (Å²) in [4.78, 5) is 37.6. The Balaban J connectivity index is 4.09. The molecule has 0 aromatic rings. The van der Waals surface area contributed by atoms with E-state index in [4.69, 9.17) is 18.9 Å². The van der Waals surface area contributed by atoms with Crippen molar-refractivity contribution in [3.63, 3.8) is 0 Å². The standard InChI is InChI=1S/C69H127NO8/c1-6-8-10-12-14-16-18-20-22-24-26-28-30-31-32-33-34-35-36-37-38-40-42-44-46-48-50-52-54-56-58-60-67(72)78-65(64-77-69(68(73)74)75-62-61-70(3,4)5)63-76-66(71)59-57-55-53-51-49-47-45-43-41-39-29-27-25-23-21-19-17-15-13-11-9-7-2/h8,10,14,16,20,22,26,28,65,69H,6-7,9,11-13,15,17-19,21,23-25,27,29-64H2,1-5H3/p+1/b10-8-,16-14-,22-20-,28-26-. The maximum atomic E-state index is 12.9. The van der Waals surface area contributed by atoms with Crippen LogP contribution in [0.25, 0.3) is 0 Å². The summed E-state index contributed by atoms with van der Waals surface area (Å²) >= 11 is 0. The first-order valence-corrected chi connectivity index (χ1v) is 33.3. The van der Waals surface area contributed by atoms with Gasteiger partial charge in [0, 0.05) is 12.8 Å². The van der Waals surface area contributed by atoms with Crippen LogP contribution in [0.2, 0.25) is 0 Å². The Labute approximate surface area is 482 Å². The molecule has 456 valence electrons. The average Bonchev–Trinajstić information content (AvgIpc) is 3.41. The van der Waals surface area contributed by atoms with Gasteiger partial charge in [0.1, 0.15) is 13.2 Å². The quantitative estimate of drug-likeness (QED) is 0.0211. The third-order valence-electron chi connectivity index (χ3n) is 14.8. The fourth-order valence-corrected chi connectivity index (χ4v) is 9.77. The fourth-order valence-electron chi connectivity index (χ4n) is 9.77. The van der Waals surface area contributed by atoms with Crippen LogP contribution < -0.4 is 0 Å². The molecule has 2 atom stereocenters. The molecule has 0 aromatic carbocycles. The molecule has 9 heteroatoms. The largest absolute Gasteiger partial charge is 0.477 e. The molecule has 0 bridgehead atoms. The van der Waals surface area contributed by atoms with E-state index in [1.54, 1.807) is 0 Å². The van der Waals surface area contributed by atoms with E-state index in [2.05, 4.69) is 62.5 Å². The van der Waals surface area contributed by atoms with Gasteiger partial charge in [0.05, 0.1) is 34.4 Å². The molecule has 0 aromatic heterocycles. The highest BCUT2D eigenvalue weighted by atomic mass is 16.7. The summed E-state index contributed by atoms with van der Waals surface area (Å²) in [6.07, 6.45) is 73.6. The van der Waals surface area contributed by atoms with Gasteiger partial charge in [-0.15, -0.1) is 0 Å². The Bertz CT molecular complexity index is 1420. The summed E-state index contributed by atoms with van der Waals surface area (Å²) < 4.78 is 23.0. The van der Waals surface area contributed by atoms with E-state index in [0.717, 1.165) is 64.2 Å². The summed E-state index contributed by atoms with van der Waals surface area (Å²) in [6, 6.07) is 0. The number of carboxylic acids is 1. The molecule has 2 unspecified atom stereocenters. The zero-order valence-electron chi connectivity index (χ0n) is 52.1. The molecule has 1 N–H and O–H groups in total. The number of carboxylic acid groups (broad SMARTS) is 1. The van der Waals surface area contributed by atoms with Crippen molar-refractivity contribution in [3.8, 4) is 0 Å². The van der Waals surface area contributed by atoms with Crippen LogP contribution in [0, 0.1) is 0 Å². The minimum Gasteiger partial charge on any atom is -0.477 e. The maximum absolute atomic E-state index is 12.9. The van der Waals surface area contributed by atoms with E-state index < -0.39 is 18.4 Å². The average molecular weight is 1100 g/mol. The van der Waals surface area contributed by atoms with E-state index in [1.807, 2.05) is 21.1 Å². The van der Waals surface area contributed by atoms with Gasteiger partial charge in [0.2, 0.25) is 0 Å². The van der Waals surface area contributed by atoms with Crippen LogP contribution in [0.15, 0.2) is 48.6 Å². The lowest BCUT2D eigenvalue weighted by Gasteiger charge is -2.25. The third kappa shape index (κ3) is 60.9. The number of likely N-dealkylation sites (N-methyl/N-ethyl adjacent to an activating group) is 1. The van der Waals surface area contributed by atoms with E-state index in [-0.39, 0.29) is 38.2 Å². The first kappa shape index (κ1) is 75.2. The molecule has 0 aliphatic carbocycles. The van der Waals surface area contributed by atoms with Crippen molar-refractivity contribution in [2.75, 3.05) is 47.5 Å². The molecule has 0 spiro atoms. The Morgan fingerprint density at radius 1 is 0.397 bits per heavy atom. The number of nitrogens with zero attached hydrogens (tertiary/aromatic N) is 1. The van der Waals surface area contributed by atoms with Gasteiger partial charge in [0.25, 0.3) is 6.29 Å².